The predicted molar refractivity (Wildman–Crippen MR) is 91.4 cm³/mol. The number of halogens is 1. The zero-order chi connectivity index (χ0) is 15.5. The number of nitrogens with zero attached hydrogens (tertiary/aromatic N) is 3. The van der Waals surface area contributed by atoms with Gasteiger partial charge in [0.25, 0.3) is 0 Å². The molecular weight excluding hydrogens is 318 g/mol. The van der Waals surface area contributed by atoms with Crippen LogP contribution in [0.4, 0.5) is 0 Å². The summed E-state index contributed by atoms with van der Waals surface area (Å²) in [4.78, 5) is 19.4. The third-order valence-electron chi connectivity index (χ3n) is 4.36. The van der Waals surface area contributed by atoms with Crippen LogP contribution in [0, 0.1) is 0 Å². The molecule has 2 aromatic rings. The molecule has 0 bridgehead atoms. The summed E-state index contributed by atoms with van der Waals surface area (Å²) in [7, 11) is 1.90. The maximum Gasteiger partial charge on any atom is 0.246 e. The first-order valence-electron chi connectivity index (χ1n) is 7.73. The minimum atomic E-state index is 0.0353. The number of fused-ring (bicyclic) bond motifs is 1. The molecule has 0 N–H and O–H groups in total. The van der Waals surface area contributed by atoms with E-state index >= 15 is 0 Å². The van der Waals surface area contributed by atoms with Gasteiger partial charge in [-0.2, -0.15) is 0 Å². The molecule has 3 rings (SSSR count). The summed E-state index contributed by atoms with van der Waals surface area (Å²) in [6, 6.07) is 0.363. The van der Waals surface area contributed by atoms with Gasteiger partial charge in [-0.15, -0.1) is 11.3 Å². The van der Waals surface area contributed by atoms with Gasteiger partial charge in [0.15, 0.2) is 10.1 Å². The smallest absolute Gasteiger partial charge is 0.246 e. The number of thiazole rings is 1. The third kappa shape index (κ3) is 3.20. The van der Waals surface area contributed by atoms with Crippen molar-refractivity contribution in [2.24, 2.45) is 0 Å². The number of hydrogen-bond donors (Lipinski definition) is 0. The van der Waals surface area contributed by atoms with Gasteiger partial charge < -0.3 is 4.90 Å². The Morgan fingerprint density at radius 2 is 2.14 bits per heavy atom. The Bertz CT molecular complexity index is 683. The summed E-state index contributed by atoms with van der Waals surface area (Å²) in [5, 5.41) is 2.39. The quantitative estimate of drug-likeness (QED) is 0.620. The first-order valence-corrected chi connectivity index (χ1v) is 8.98. The summed E-state index contributed by atoms with van der Waals surface area (Å²) >= 11 is 7.67. The minimum absolute atomic E-state index is 0.0353. The van der Waals surface area contributed by atoms with Crippen LogP contribution in [-0.2, 0) is 4.79 Å². The van der Waals surface area contributed by atoms with Gasteiger partial charge in [0.05, 0.1) is 5.69 Å². The summed E-state index contributed by atoms with van der Waals surface area (Å²) < 4.78 is 1.91. The molecule has 0 spiro atoms. The van der Waals surface area contributed by atoms with Crippen LogP contribution in [0.3, 0.4) is 0 Å². The van der Waals surface area contributed by atoms with Gasteiger partial charge in [0, 0.05) is 30.7 Å². The van der Waals surface area contributed by atoms with Crippen molar-refractivity contribution in [1.29, 1.82) is 0 Å². The van der Waals surface area contributed by atoms with E-state index in [0.717, 1.165) is 23.5 Å². The highest BCUT2D eigenvalue weighted by atomic mass is 35.5. The Hall–Kier alpha value is -1.33. The molecule has 0 saturated heterocycles. The SMILES string of the molecule is CN(C(=O)/C=C\c1c(Cl)nc2sccn12)C1CCCCCC1. The highest BCUT2D eigenvalue weighted by Gasteiger charge is 2.19. The molecule has 4 nitrogen and oxygen atoms in total. The molecular formula is C16H20ClN3OS. The molecule has 0 aromatic carbocycles. The first kappa shape index (κ1) is 15.6. The van der Waals surface area contributed by atoms with Crippen LogP contribution in [-0.4, -0.2) is 33.3 Å². The van der Waals surface area contributed by atoms with Crippen molar-refractivity contribution in [3.63, 3.8) is 0 Å². The molecule has 2 aromatic heterocycles. The zero-order valence-corrected chi connectivity index (χ0v) is 14.2. The fraction of sp³-hybridized carbons (Fsp3) is 0.500. The molecule has 2 heterocycles. The number of likely N-dealkylation sites (N-methyl/N-ethyl adjacent to an activating group) is 1. The molecule has 1 fully saturated rings. The lowest BCUT2D eigenvalue weighted by molar-refractivity contribution is -0.126. The Balaban J connectivity index is 1.72. The molecule has 1 aliphatic rings. The van der Waals surface area contributed by atoms with Crippen LogP contribution in [0.15, 0.2) is 17.7 Å². The average Bonchev–Trinajstić information content (AvgIpc) is 2.94. The number of aromatic nitrogens is 2. The van der Waals surface area contributed by atoms with Gasteiger partial charge >= 0.3 is 0 Å². The van der Waals surface area contributed by atoms with E-state index in [1.54, 1.807) is 12.2 Å². The van der Waals surface area contributed by atoms with E-state index in [1.165, 1.54) is 37.0 Å². The van der Waals surface area contributed by atoms with Gasteiger partial charge in [0.2, 0.25) is 5.91 Å². The maximum atomic E-state index is 12.4. The summed E-state index contributed by atoms with van der Waals surface area (Å²) in [6.45, 7) is 0. The van der Waals surface area contributed by atoms with Crippen molar-refractivity contribution in [3.8, 4) is 0 Å². The van der Waals surface area contributed by atoms with Gasteiger partial charge in [-0.05, 0) is 18.9 Å². The van der Waals surface area contributed by atoms with Crippen molar-refractivity contribution >= 4 is 39.9 Å². The second-order valence-corrected chi connectivity index (χ2v) is 7.00. The van der Waals surface area contributed by atoms with E-state index in [2.05, 4.69) is 4.98 Å². The van der Waals surface area contributed by atoms with Gasteiger partial charge in [-0.25, -0.2) is 4.98 Å². The number of carbonyl (C=O) groups is 1. The van der Waals surface area contributed by atoms with E-state index in [4.69, 9.17) is 11.6 Å². The second kappa shape index (κ2) is 6.84. The summed E-state index contributed by atoms with van der Waals surface area (Å²) in [5.41, 5.74) is 0.764. The van der Waals surface area contributed by atoms with E-state index in [0.29, 0.717) is 11.2 Å². The molecule has 118 valence electrons. The lowest BCUT2D eigenvalue weighted by Gasteiger charge is -2.26. The Labute approximate surface area is 139 Å². The normalized spacial score (nSPS) is 17.2. The number of carbonyl (C=O) groups excluding carboxylic acids is 1. The van der Waals surface area contributed by atoms with Crippen molar-refractivity contribution in [2.75, 3.05) is 7.05 Å². The Morgan fingerprint density at radius 1 is 1.41 bits per heavy atom. The lowest BCUT2D eigenvalue weighted by atomic mass is 10.1. The number of hydrogen-bond acceptors (Lipinski definition) is 3. The standard InChI is InChI=1S/C16H20ClN3OS/c1-19(12-6-4-2-3-5-7-12)14(21)9-8-13-15(17)18-16-20(13)10-11-22-16/h8-12H,2-7H2,1H3/b9-8-. The predicted octanol–water partition coefficient (Wildman–Crippen LogP) is 4.24. The van der Waals surface area contributed by atoms with Crippen LogP contribution in [0.25, 0.3) is 11.0 Å². The van der Waals surface area contributed by atoms with E-state index in [1.807, 2.05) is 27.9 Å². The van der Waals surface area contributed by atoms with Crippen LogP contribution in [0.1, 0.15) is 44.2 Å². The average molecular weight is 338 g/mol. The topological polar surface area (TPSA) is 37.6 Å². The Morgan fingerprint density at radius 3 is 2.86 bits per heavy atom. The van der Waals surface area contributed by atoms with Crippen LogP contribution >= 0.6 is 22.9 Å². The fourth-order valence-electron chi connectivity index (χ4n) is 3.02. The number of rotatable bonds is 3. The van der Waals surface area contributed by atoms with Gasteiger partial charge in [-0.3, -0.25) is 9.20 Å². The largest absolute Gasteiger partial charge is 0.339 e. The lowest BCUT2D eigenvalue weighted by Crippen LogP contribution is -2.35. The monoisotopic (exact) mass is 337 g/mol. The van der Waals surface area contributed by atoms with Crippen molar-refractivity contribution in [3.05, 3.63) is 28.5 Å². The van der Waals surface area contributed by atoms with Crippen molar-refractivity contribution < 1.29 is 4.79 Å². The van der Waals surface area contributed by atoms with Crippen LogP contribution in [0.5, 0.6) is 0 Å². The highest BCUT2D eigenvalue weighted by Crippen LogP contribution is 2.23. The third-order valence-corrected chi connectivity index (χ3v) is 5.39. The molecule has 1 aliphatic carbocycles. The van der Waals surface area contributed by atoms with Crippen LogP contribution < -0.4 is 0 Å². The van der Waals surface area contributed by atoms with E-state index in [9.17, 15) is 4.79 Å². The molecule has 6 heteroatoms. The molecule has 22 heavy (non-hydrogen) atoms. The number of imidazole rings is 1. The maximum absolute atomic E-state index is 12.4. The summed E-state index contributed by atoms with van der Waals surface area (Å²) in [5.74, 6) is 0.0353. The minimum Gasteiger partial charge on any atom is -0.339 e. The van der Waals surface area contributed by atoms with E-state index < -0.39 is 0 Å². The Kier molecular flexibility index (Phi) is 4.84. The van der Waals surface area contributed by atoms with Crippen molar-refractivity contribution in [2.45, 2.75) is 44.6 Å². The first-order chi connectivity index (χ1) is 10.7. The van der Waals surface area contributed by atoms with Crippen LogP contribution in [0.2, 0.25) is 5.15 Å². The molecule has 1 amide bonds. The van der Waals surface area contributed by atoms with Gasteiger partial charge in [-0.1, -0.05) is 37.3 Å². The summed E-state index contributed by atoms with van der Waals surface area (Å²) in [6.07, 6.45) is 12.5. The van der Waals surface area contributed by atoms with E-state index in [-0.39, 0.29) is 5.91 Å². The van der Waals surface area contributed by atoms with Crippen molar-refractivity contribution in [1.82, 2.24) is 14.3 Å². The molecule has 0 aliphatic heterocycles. The molecule has 0 radical (unpaired) electrons. The zero-order valence-electron chi connectivity index (χ0n) is 12.7. The fourth-order valence-corrected chi connectivity index (χ4v) is 4.02. The molecule has 1 saturated carbocycles. The number of amides is 1. The molecule has 0 unspecified atom stereocenters. The second-order valence-electron chi connectivity index (χ2n) is 5.77. The van der Waals surface area contributed by atoms with Gasteiger partial charge in [0.1, 0.15) is 0 Å². The highest BCUT2D eigenvalue weighted by molar-refractivity contribution is 7.15. The molecule has 0 atom stereocenters.